The fraction of sp³-hybridized carbons (Fsp3) is 0.143. The molecule has 0 saturated heterocycles. The molecule has 0 amide bonds. The summed E-state index contributed by atoms with van der Waals surface area (Å²) >= 11 is 5.97. The van der Waals surface area contributed by atoms with Crippen LogP contribution in [0.3, 0.4) is 0 Å². The average Bonchev–Trinajstić information content (AvgIpc) is 2.81. The van der Waals surface area contributed by atoms with Crippen molar-refractivity contribution in [3.63, 3.8) is 0 Å². The number of halogens is 2. The van der Waals surface area contributed by atoms with Gasteiger partial charge in [0.1, 0.15) is 5.82 Å². The first-order valence-corrected chi connectivity index (χ1v) is 6.18. The van der Waals surface area contributed by atoms with Crippen molar-refractivity contribution in [2.45, 2.75) is 6.92 Å². The van der Waals surface area contributed by atoms with Crippen molar-refractivity contribution >= 4 is 22.5 Å². The highest BCUT2D eigenvalue weighted by molar-refractivity contribution is 6.35. The molecule has 0 bridgehead atoms. The van der Waals surface area contributed by atoms with Crippen LogP contribution >= 0.6 is 11.6 Å². The van der Waals surface area contributed by atoms with E-state index in [2.05, 4.69) is 10.1 Å². The van der Waals surface area contributed by atoms with Gasteiger partial charge in [0.05, 0.1) is 22.4 Å². The van der Waals surface area contributed by atoms with Crippen LogP contribution in [0.1, 0.15) is 5.56 Å². The summed E-state index contributed by atoms with van der Waals surface area (Å²) in [6, 6.07) is 4.83. The van der Waals surface area contributed by atoms with Crippen molar-refractivity contribution in [1.29, 1.82) is 0 Å². The van der Waals surface area contributed by atoms with Gasteiger partial charge in [-0.25, -0.2) is 9.37 Å². The largest absolute Gasteiger partial charge is 0.275 e. The van der Waals surface area contributed by atoms with Crippen molar-refractivity contribution < 1.29 is 4.39 Å². The van der Waals surface area contributed by atoms with Crippen LogP contribution in [0, 0.1) is 12.7 Å². The number of rotatable bonds is 1. The molecule has 0 fully saturated rings. The van der Waals surface area contributed by atoms with Crippen LogP contribution in [0.2, 0.25) is 5.02 Å². The predicted molar refractivity (Wildman–Crippen MR) is 73.7 cm³/mol. The third kappa shape index (κ3) is 1.98. The normalized spacial score (nSPS) is 11.2. The zero-order valence-electron chi connectivity index (χ0n) is 10.5. The van der Waals surface area contributed by atoms with Crippen LogP contribution in [0.4, 0.5) is 4.39 Å². The number of pyridine rings is 1. The van der Waals surface area contributed by atoms with Crippen LogP contribution in [-0.2, 0) is 7.05 Å². The van der Waals surface area contributed by atoms with Crippen molar-refractivity contribution in [2.75, 3.05) is 0 Å². The predicted octanol–water partition coefficient (Wildman–Crippen LogP) is 3.74. The molecule has 0 unspecified atom stereocenters. The summed E-state index contributed by atoms with van der Waals surface area (Å²) < 4.78 is 15.2. The van der Waals surface area contributed by atoms with Gasteiger partial charge < -0.3 is 0 Å². The standard InChI is InChI=1S/C14H11ClFN3/c1-8-5-10-12(4-3-11(16)13(10)15)18-14(8)9-6-17-19(2)7-9/h3-7H,1-2H3. The van der Waals surface area contributed by atoms with E-state index in [4.69, 9.17) is 11.6 Å². The molecule has 0 atom stereocenters. The van der Waals surface area contributed by atoms with E-state index in [1.54, 1.807) is 16.9 Å². The summed E-state index contributed by atoms with van der Waals surface area (Å²) in [5, 5.41) is 4.88. The molecular weight excluding hydrogens is 265 g/mol. The molecule has 2 heterocycles. The Balaban J connectivity index is 2.29. The SMILES string of the molecule is Cc1cc2c(Cl)c(F)ccc2nc1-c1cnn(C)c1. The smallest absolute Gasteiger partial charge is 0.142 e. The highest BCUT2D eigenvalue weighted by atomic mass is 35.5. The first-order valence-electron chi connectivity index (χ1n) is 5.80. The summed E-state index contributed by atoms with van der Waals surface area (Å²) in [4.78, 5) is 4.56. The maximum Gasteiger partial charge on any atom is 0.142 e. The van der Waals surface area contributed by atoms with Crippen molar-refractivity contribution in [2.24, 2.45) is 7.05 Å². The van der Waals surface area contributed by atoms with Crippen LogP contribution in [-0.4, -0.2) is 14.8 Å². The molecule has 0 N–H and O–H groups in total. The molecule has 0 radical (unpaired) electrons. The van der Waals surface area contributed by atoms with Crippen LogP contribution in [0.15, 0.2) is 30.6 Å². The van der Waals surface area contributed by atoms with Gasteiger partial charge in [0.25, 0.3) is 0 Å². The second-order valence-electron chi connectivity index (χ2n) is 4.48. The highest BCUT2D eigenvalue weighted by Crippen LogP contribution is 2.30. The summed E-state index contributed by atoms with van der Waals surface area (Å²) in [6.07, 6.45) is 3.65. The maximum absolute atomic E-state index is 13.4. The van der Waals surface area contributed by atoms with Crippen molar-refractivity contribution in [1.82, 2.24) is 14.8 Å². The first-order chi connectivity index (χ1) is 9.06. The Morgan fingerprint density at radius 1 is 1.32 bits per heavy atom. The Hall–Kier alpha value is -1.94. The Labute approximate surface area is 114 Å². The topological polar surface area (TPSA) is 30.7 Å². The Kier molecular flexibility index (Phi) is 2.75. The molecule has 5 heteroatoms. The number of nitrogens with zero attached hydrogens (tertiary/aromatic N) is 3. The molecule has 3 rings (SSSR count). The number of fused-ring (bicyclic) bond motifs is 1. The third-order valence-corrected chi connectivity index (χ3v) is 3.44. The lowest BCUT2D eigenvalue weighted by molar-refractivity contribution is 0.630. The Bertz CT molecular complexity index is 780. The van der Waals surface area contributed by atoms with E-state index in [0.717, 1.165) is 16.8 Å². The van der Waals surface area contributed by atoms with Gasteiger partial charge in [-0.3, -0.25) is 4.68 Å². The molecule has 0 saturated carbocycles. The molecule has 2 aromatic heterocycles. The molecule has 3 nitrogen and oxygen atoms in total. The molecule has 0 spiro atoms. The third-order valence-electron chi connectivity index (χ3n) is 3.05. The number of aryl methyl sites for hydroxylation is 2. The van der Waals surface area contributed by atoms with Crippen LogP contribution in [0.5, 0.6) is 0 Å². The lowest BCUT2D eigenvalue weighted by Gasteiger charge is -2.07. The van der Waals surface area contributed by atoms with Gasteiger partial charge in [-0.2, -0.15) is 5.10 Å². The van der Waals surface area contributed by atoms with Crippen LogP contribution in [0.25, 0.3) is 22.2 Å². The van der Waals surface area contributed by atoms with E-state index in [9.17, 15) is 4.39 Å². The van der Waals surface area contributed by atoms with Gasteiger partial charge in [-0.15, -0.1) is 0 Å². The minimum Gasteiger partial charge on any atom is -0.275 e. The van der Waals surface area contributed by atoms with E-state index in [0.29, 0.717) is 10.9 Å². The zero-order chi connectivity index (χ0) is 13.6. The van der Waals surface area contributed by atoms with Gasteiger partial charge in [0.15, 0.2) is 0 Å². The van der Waals surface area contributed by atoms with Gasteiger partial charge in [-0.05, 0) is 30.7 Å². The molecule has 1 aromatic carbocycles. The number of hydrogen-bond donors (Lipinski definition) is 0. The monoisotopic (exact) mass is 275 g/mol. The molecule has 0 aliphatic carbocycles. The Morgan fingerprint density at radius 2 is 2.11 bits per heavy atom. The summed E-state index contributed by atoms with van der Waals surface area (Å²) in [5.74, 6) is -0.426. The molecule has 0 aliphatic heterocycles. The zero-order valence-corrected chi connectivity index (χ0v) is 11.2. The summed E-state index contributed by atoms with van der Waals surface area (Å²) in [5.41, 5.74) is 3.38. The average molecular weight is 276 g/mol. The molecular formula is C14H11ClFN3. The fourth-order valence-corrected chi connectivity index (χ4v) is 2.33. The van der Waals surface area contributed by atoms with Crippen LogP contribution < -0.4 is 0 Å². The summed E-state index contributed by atoms with van der Waals surface area (Å²) in [7, 11) is 1.85. The Morgan fingerprint density at radius 3 is 2.79 bits per heavy atom. The minimum absolute atomic E-state index is 0.117. The van der Waals surface area contributed by atoms with Gasteiger partial charge in [0.2, 0.25) is 0 Å². The van der Waals surface area contributed by atoms with Gasteiger partial charge >= 0.3 is 0 Å². The number of aromatic nitrogens is 3. The molecule has 19 heavy (non-hydrogen) atoms. The minimum atomic E-state index is -0.426. The molecule has 0 aliphatic rings. The van der Waals surface area contributed by atoms with E-state index in [-0.39, 0.29) is 5.02 Å². The fourth-order valence-electron chi connectivity index (χ4n) is 2.12. The number of hydrogen-bond acceptors (Lipinski definition) is 2. The first kappa shape index (κ1) is 12.1. The molecule has 96 valence electrons. The second-order valence-corrected chi connectivity index (χ2v) is 4.86. The van der Waals surface area contributed by atoms with Crippen molar-refractivity contribution in [3.8, 4) is 11.3 Å². The summed E-state index contributed by atoms with van der Waals surface area (Å²) in [6.45, 7) is 1.93. The van der Waals surface area contributed by atoms with Gasteiger partial charge in [0, 0.05) is 24.2 Å². The van der Waals surface area contributed by atoms with Gasteiger partial charge in [-0.1, -0.05) is 11.6 Å². The van der Waals surface area contributed by atoms with E-state index in [1.165, 1.54) is 6.07 Å². The van der Waals surface area contributed by atoms with Crippen molar-refractivity contribution in [3.05, 3.63) is 47.0 Å². The molecule has 3 aromatic rings. The lowest BCUT2D eigenvalue weighted by atomic mass is 10.1. The maximum atomic E-state index is 13.4. The van der Waals surface area contributed by atoms with E-state index >= 15 is 0 Å². The van der Waals surface area contributed by atoms with E-state index < -0.39 is 5.82 Å². The highest BCUT2D eigenvalue weighted by Gasteiger charge is 2.11. The lowest BCUT2D eigenvalue weighted by Crippen LogP contribution is -1.91. The second kappa shape index (κ2) is 4.31. The number of benzene rings is 1. The van der Waals surface area contributed by atoms with E-state index in [1.807, 2.05) is 26.2 Å². The quantitative estimate of drug-likeness (QED) is 0.677.